The van der Waals surface area contributed by atoms with Gasteiger partial charge in [0.1, 0.15) is 12.2 Å². The highest BCUT2D eigenvalue weighted by atomic mass is 32.1. The van der Waals surface area contributed by atoms with Crippen LogP contribution in [0.15, 0.2) is 34.9 Å². The molecule has 6 heteroatoms. The maximum Gasteiger partial charge on any atom is 0.322 e. The highest BCUT2D eigenvalue weighted by Crippen LogP contribution is 2.26. The summed E-state index contributed by atoms with van der Waals surface area (Å²) in [6, 6.07) is 6.36. The van der Waals surface area contributed by atoms with Crippen molar-refractivity contribution in [2.24, 2.45) is 0 Å². The van der Waals surface area contributed by atoms with Crippen LogP contribution in [0.3, 0.4) is 0 Å². The number of rotatable bonds is 3. The first-order chi connectivity index (χ1) is 8.52. The number of ketones is 2. The molecular weight excluding hydrogens is 254 g/mol. The van der Waals surface area contributed by atoms with E-state index in [2.05, 4.69) is 17.9 Å². The molecule has 0 aromatic heterocycles. The summed E-state index contributed by atoms with van der Waals surface area (Å²) in [5, 5.41) is 11.0. The molecule has 0 saturated heterocycles. The fourth-order valence-electron chi connectivity index (χ4n) is 1.69. The van der Waals surface area contributed by atoms with E-state index in [0.717, 1.165) is 0 Å². The van der Waals surface area contributed by atoms with Gasteiger partial charge in [0.25, 0.3) is 0 Å². The Morgan fingerprint density at radius 3 is 2.28 bits per heavy atom. The monoisotopic (exact) mass is 263 g/mol. The Balaban J connectivity index is 2.43. The van der Waals surface area contributed by atoms with Gasteiger partial charge in [0, 0.05) is 11.1 Å². The van der Waals surface area contributed by atoms with E-state index in [9.17, 15) is 14.4 Å². The number of carbonyl (C=O) groups is 3. The lowest BCUT2D eigenvalue weighted by Gasteiger charge is -2.18. The third-order valence-electron chi connectivity index (χ3n) is 2.51. The molecule has 2 rings (SSSR count). The average molecular weight is 263 g/mol. The molecule has 0 amide bonds. The van der Waals surface area contributed by atoms with Gasteiger partial charge >= 0.3 is 5.97 Å². The van der Waals surface area contributed by atoms with Gasteiger partial charge in [-0.05, 0) is 0 Å². The Hall–Kier alpha value is -2.08. The summed E-state index contributed by atoms with van der Waals surface area (Å²) >= 11 is 3.99. The van der Waals surface area contributed by atoms with Crippen LogP contribution in [0.2, 0.25) is 0 Å². The first kappa shape index (κ1) is 12.4. The van der Waals surface area contributed by atoms with Gasteiger partial charge in [-0.1, -0.05) is 24.3 Å². The maximum atomic E-state index is 12.1. The molecule has 1 aliphatic carbocycles. The van der Waals surface area contributed by atoms with Crippen molar-refractivity contribution >= 4 is 30.2 Å². The van der Waals surface area contributed by atoms with Crippen LogP contribution in [0, 0.1) is 0 Å². The minimum Gasteiger partial charge on any atom is -0.480 e. The van der Waals surface area contributed by atoms with E-state index < -0.39 is 18.3 Å². The number of carboxylic acid groups (broad SMARTS) is 1. The first-order valence-electron chi connectivity index (χ1n) is 5.09. The van der Waals surface area contributed by atoms with E-state index in [1.54, 1.807) is 18.2 Å². The number of benzene rings is 1. The van der Waals surface area contributed by atoms with Gasteiger partial charge < -0.3 is 10.4 Å². The van der Waals surface area contributed by atoms with E-state index >= 15 is 0 Å². The molecule has 0 heterocycles. The molecule has 0 spiro atoms. The molecule has 0 unspecified atom stereocenters. The summed E-state index contributed by atoms with van der Waals surface area (Å²) in [5.74, 6) is -1.93. The zero-order valence-electron chi connectivity index (χ0n) is 9.14. The van der Waals surface area contributed by atoms with E-state index in [1.165, 1.54) is 6.07 Å². The van der Waals surface area contributed by atoms with Crippen LogP contribution in [-0.2, 0) is 4.79 Å². The van der Waals surface area contributed by atoms with E-state index in [0.29, 0.717) is 0 Å². The van der Waals surface area contributed by atoms with Gasteiger partial charge in [0.15, 0.2) is 0 Å². The molecule has 0 fully saturated rings. The Bertz CT molecular complexity index is 591. The Morgan fingerprint density at radius 1 is 1.17 bits per heavy atom. The maximum absolute atomic E-state index is 12.1. The number of allylic oxidation sites excluding steroid dienone is 2. The molecule has 0 saturated carbocycles. The summed E-state index contributed by atoms with van der Waals surface area (Å²) in [4.78, 5) is 34.4. The molecule has 0 radical (unpaired) electrons. The van der Waals surface area contributed by atoms with Crippen molar-refractivity contribution < 1.29 is 19.5 Å². The van der Waals surface area contributed by atoms with Crippen LogP contribution in [0.1, 0.15) is 20.7 Å². The predicted molar refractivity (Wildman–Crippen MR) is 66.8 cm³/mol. The van der Waals surface area contributed by atoms with E-state index in [-0.39, 0.29) is 27.5 Å². The lowest BCUT2D eigenvalue weighted by Crippen LogP contribution is -2.32. The van der Waals surface area contributed by atoms with Crippen molar-refractivity contribution in [3.63, 3.8) is 0 Å². The molecule has 5 nitrogen and oxygen atoms in total. The normalized spacial score (nSPS) is 14.5. The van der Waals surface area contributed by atoms with Crippen molar-refractivity contribution in [3.8, 4) is 0 Å². The molecule has 1 aromatic rings. The highest BCUT2D eigenvalue weighted by Gasteiger charge is 2.30. The number of hydrogen-bond donors (Lipinski definition) is 3. The second-order valence-corrected chi connectivity index (χ2v) is 4.12. The summed E-state index contributed by atoms with van der Waals surface area (Å²) in [6.45, 7) is -0.444. The summed E-state index contributed by atoms with van der Waals surface area (Å²) in [5.41, 5.74) is 0.478. The average Bonchev–Trinajstić information content (AvgIpc) is 2.36. The quantitative estimate of drug-likeness (QED) is 0.705. The van der Waals surface area contributed by atoms with E-state index in [1.807, 2.05) is 0 Å². The number of Topliss-reactive ketones (excluding diaryl/α,β-unsaturated/α-hetero) is 2. The van der Waals surface area contributed by atoms with Gasteiger partial charge in [-0.2, -0.15) is 0 Å². The molecular formula is C12H9NO4S. The number of fused-ring (bicyclic) bond motifs is 1. The van der Waals surface area contributed by atoms with Crippen molar-refractivity contribution in [2.45, 2.75) is 0 Å². The Kier molecular flexibility index (Phi) is 3.20. The summed E-state index contributed by atoms with van der Waals surface area (Å²) < 4.78 is 0. The minimum absolute atomic E-state index is 0.0556. The minimum atomic E-state index is -1.12. The van der Waals surface area contributed by atoms with Crippen LogP contribution < -0.4 is 5.32 Å². The van der Waals surface area contributed by atoms with Gasteiger partial charge in [0.05, 0.1) is 4.91 Å². The number of aliphatic carboxylic acids is 1. The Morgan fingerprint density at radius 2 is 1.72 bits per heavy atom. The third kappa shape index (κ3) is 2.02. The van der Waals surface area contributed by atoms with Crippen LogP contribution in [0.25, 0.3) is 0 Å². The summed E-state index contributed by atoms with van der Waals surface area (Å²) in [6.07, 6.45) is 0. The lowest BCUT2D eigenvalue weighted by atomic mass is 9.92. The van der Waals surface area contributed by atoms with Gasteiger partial charge in [-0.25, -0.2) is 0 Å². The zero-order valence-corrected chi connectivity index (χ0v) is 10.0. The first-order valence-corrected chi connectivity index (χ1v) is 5.54. The second kappa shape index (κ2) is 4.66. The van der Waals surface area contributed by atoms with Gasteiger partial charge in [0.2, 0.25) is 11.6 Å². The van der Waals surface area contributed by atoms with Gasteiger partial charge in [-0.15, -0.1) is 12.6 Å². The smallest absolute Gasteiger partial charge is 0.322 e. The van der Waals surface area contributed by atoms with Crippen LogP contribution in [0.4, 0.5) is 0 Å². The SMILES string of the molecule is O=C(O)CNC1=C(S)C(=O)c2ccccc2C1=O. The fraction of sp³-hybridized carbons (Fsp3) is 0.0833. The van der Waals surface area contributed by atoms with E-state index in [4.69, 9.17) is 5.11 Å². The van der Waals surface area contributed by atoms with Gasteiger partial charge in [-0.3, -0.25) is 14.4 Å². The number of hydrogen-bond acceptors (Lipinski definition) is 5. The molecule has 18 heavy (non-hydrogen) atoms. The lowest BCUT2D eigenvalue weighted by molar-refractivity contribution is -0.135. The number of carbonyl (C=O) groups excluding carboxylic acids is 2. The Labute approximate surface area is 108 Å². The fourth-order valence-corrected chi connectivity index (χ4v) is 1.99. The molecule has 0 atom stereocenters. The van der Waals surface area contributed by atoms with Crippen molar-refractivity contribution in [1.29, 1.82) is 0 Å². The second-order valence-electron chi connectivity index (χ2n) is 3.67. The highest BCUT2D eigenvalue weighted by molar-refractivity contribution is 7.85. The molecule has 2 N–H and O–H groups in total. The standard InChI is InChI=1S/C12H9NO4S/c14-8(15)5-13-9-10(16)6-3-1-2-4-7(6)11(17)12(9)18/h1-4,13,18H,5H2,(H,14,15). The molecule has 0 aliphatic heterocycles. The van der Waals surface area contributed by atoms with Crippen molar-refractivity contribution in [1.82, 2.24) is 5.32 Å². The van der Waals surface area contributed by atoms with Crippen LogP contribution in [-0.4, -0.2) is 29.2 Å². The molecule has 92 valence electrons. The third-order valence-corrected chi connectivity index (χ3v) is 2.94. The number of nitrogens with one attached hydrogen (secondary N) is 1. The summed E-state index contributed by atoms with van der Waals surface area (Å²) in [7, 11) is 0. The number of carboxylic acids is 1. The number of thiol groups is 1. The van der Waals surface area contributed by atoms with Crippen molar-refractivity contribution in [2.75, 3.05) is 6.54 Å². The van der Waals surface area contributed by atoms with Crippen molar-refractivity contribution in [3.05, 3.63) is 46.0 Å². The molecule has 0 bridgehead atoms. The molecule has 1 aliphatic rings. The largest absolute Gasteiger partial charge is 0.480 e. The van der Waals surface area contributed by atoms with Crippen LogP contribution in [0.5, 0.6) is 0 Å². The topological polar surface area (TPSA) is 83.5 Å². The predicted octanol–water partition coefficient (Wildman–Crippen LogP) is 0.881. The zero-order chi connectivity index (χ0) is 13.3. The molecule has 1 aromatic carbocycles. The van der Waals surface area contributed by atoms with Crippen LogP contribution >= 0.6 is 12.6 Å².